The summed E-state index contributed by atoms with van der Waals surface area (Å²) in [7, 11) is 1.59. The molecule has 1 aromatic heterocycles. The van der Waals surface area contributed by atoms with Gasteiger partial charge in [-0.1, -0.05) is 0 Å². The number of ether oxygens (including phenoxy) is 2. The topological polar surface area (TPSA) is 43.4 Å². The molecule has 82 valence electrons. The first-order valence-electron chi connectivity index (χ1n) is 4.85. The Hall–Kier alpha value is -0.810. The van der Waals surface area contributed by atoms with Crippen molar-refractivity contribution in [2.45, 2.75) is 12.5 Å². The summed E-state index contributed by atoms with van der Waals surface area (Å²) >= 11 is 3.36. The standard InChI is InChI=1S/C10H13BrN2O2/c1-14-10-9(11)4-8(5-13-10)15-6-7-2-3-12-7/h4-5,7,12H,2-3,6H2,1H3/t7-/m1/s1. The molecule has 5 heteroatoms. The summed E-state index contributed by atoms with van der Waals surface area (Å²) in [5, 5.41) is 3.27. The second kappa shape index (κ2) is 4.81. The van der Waals surface area contributed by atoms with E-state index in [1.165, 1.54) is 6.42 Å². The van der Waals surface area contributed by atoms with Crippen molar-refractivity contribution >= 4 is 15.9 Å². The predicted molar refractivity (Wildman–Crippen MR) is 60.4 cm³/mol. The summed E-state index contributed by atoms with van der Waals surface area (Å²) < 4.78 is 11.4. The minimum atomic E-state index is 0.492. The molecule has 1 aliphatic rings. The second-order valence-electron chi connectivity index (χ2n) is 3.41. The van der Waals surface area contributed by atoms with Gasteiger partial charge in [-0.05, 0) is 28.9 Å². The highest BCUT2D eigenvalue weighted by Crippen LogP contribution is 2.26. The van der Waals surface area contributed by atoms with Crippen molar-refractivity contribution in [2.24, 2.45) is 0 Å². The number of aromatic nitrogens is 1. The highest BCUT2D eigenvalue weighted by Gasteiger charge is 2.16. The van der Waals surface area contributed by atoms with Gasteiger partial charge in [-0.25, -0.2) is 4.98 Å². The van der Waals surface area contributed by atoms with Gasteiger partial charge in [0.2, 0.25) is 5.88 Å². The quantitative estimate of drug-likeness (QED) is 0.904. The van der Waals surface area contributed by atoms with Crippen LogP contribution in [0.3, 0.4) is 0 Å². The van der Waals surface area contributed by atoms with Crippen LogP contribution >= 0.6 is 15.9 Å². The predicted octanol–water partition coefficient (Wildman–Crippen LogP) is 1.59. The lowest BCUT2D eigenvalue weighted by atomic mass is 10.1. The van der Waals surface area contributed by atoms with Crippen LogP contribution in [-0.2, 0) is 0 Å². The largest absolute Gasteiger partial charge is 0.490 e. The van der Waals surface area contributed by atoms with Crippen molar-refractivity contribution in [1.29, 1.82) is 0 Å². The van der Waals surface area contributed by atoms with E-state index in [4.69, 9.17) is 9.47 Å². The van der Waals surface area contributed by atoms with E-state index in [1.54, 1.807) is 13.3 Å². The van der Waals surface area contributed by atoms with E-state index < -0.39 is 0 Å². The molecule has 1 aliphatic heterocycles. The minimum absolute atomic E-state index is 0.492. The minimum Gasteiger partial charge on any atom is -0.490 e. The van der Waals surface area contributed by atoms with Crippen LogP contribution < -0.4 is 14.8 Å². The molecule has 0 unspecified atom stereocenters. The molecule has 1 N–H and O–H groups in total. The first-order valence-corrected chi connectivity index (χ1v) is 5.64. The molecule has 0 amide bonds. The van der Waals surface area contributed by atoms with E-state index in [9.17, 15) is 0 Å². The third kappa shape index (κ3) is 2.60. The zero-order valence-corrected chi connectivity index (χ0v) is 10.1. The molecule has 0 saturated carbocycles. The fourth-order valence-corrected chi connectivity index (χ4v) is 1.81. The van der Waals surface area contributed by atoms with Crippen LogP contribution in [0.15, 0.2) is 16.7 Å². The Labute approximate surface area is 97.1 Å². The third-order valence-electron chi connectivity index (χ3n) is 2.35. The molecule has 1 saturated heterocycles. The van der Waals surface area contributed by atoms with Gasteiger partial charge in [0.25, 0.3) is 0 Å². The molecule has 1 fully saturated rings. The van der Waals surface area contributed by atoms with Crippen molar-refractivity contribution < 1.29 is 9.47 Å². The van der Waals surface area contributed by atoms with Crippen LogP contribution in [0.1, 0.15) is 6.42 Å². The molecule has 1 aromatic rings. The summed E-state index contributed by atoms with van der Waals surface area (Å²) in [6.07, 6.45) is 2.85. The highest BCUT2D eigenvalue weighted by molar-refractivity contribution is 9.10. The van der Waals surface area contributed by atoms with Crippen molar-refractivity contribution in [3.63, 3.8) is 0 Å². The number of halogens is 1. The van der Waals surface area contributed by atoms with Gasteiger partial charge in [0.05, 0.1) is 17.8 Å². The number of hydrogen-bond donors (Lipinski definition) is 1. The SMILES string of the molecule is COc1ncc(OC[C@H]2CCN2)cc1Br. The molecule has 0 aliphatic carbocycles. The maximum atomic E-state index is 5.58. The zero-order chi connectivity index (χ0) is 10.7. The van der Waals surface area contributed by atoms with Crippen LogP contribution in [-0.4, -0.2) is 31.3 Å². The number of hydrogen-bond acceptors (Lipinski definition) is 4. The number of nitrogens with one attached hydrogen (secondary N) is 1. The van der Waals surface area contributed by atoms with Gasteiger partial charge in [0.1, 0.15) is 12.4 Å². The summed E-state index contributed by atoms with van der Waals surface area (Å²) in [6, 6.07) is 2.36. The van der Waals surface area contributed by atoms with E-state index in [0.717, 1.165) is 16.8 Å². The van der Waals surface area contributed by atoms with E-state index >= 15 is 0 Å². The molecular weight excluding hydrogens is 260 g/mol. The maximum Gasteiger partial charge on any atom is 0.227 e. The second-order valence-corrected chi connectivity index (χ2v) is 4.27. The lowest BCUT2D eigenvalue weighted by molar-refractivity contribution is 0.216. The molecule has 2 rings (SSSR count). The van der Waals surface area contributed by atoms with Crippen LogP contribution in [0.4, 0.5) is 0 Å². The third-order valence-corrected chi connectivity index (χ3v) is 2.92. The van der Waals surface area contributed by atoms with Crippen molar-refractivity contribution in [2.75, 3.05) is 20.3 Å². The lowest BCUT2D eigenvalue weighted by Gasteiger charge is -2.27. The molecule has 0 radical (unpaired) electrons. The first-order chi connectivity index (χ1) is 7.29. The molecule has 2 heterocycles. The fourth-order valence-electron chi connectivity index (χ4n) is 1.32. The lowest BCUT2D eigenvalue weighted by Crippen LogP contribution is -2.46. The maximum absolute atomic E-state index is 5.58. The first kappa shape index (κ1) is 10.7. The summed E-state index contributed by atoms with van der Waals surface area (Å²) in [6.45, 7) is 1.79. The highest BCUT2D eigenvalue weighted by atomic mass is 79.9. The Morgan fingerprint density at radius 3 is 3.00 bits per heavy atom. The van der Waals surface area contributed by atoms with Gasteiger partial charge in [-0.2, -0.15) is 0 Å². The molecule has 0 bridgehead atoms. The average Bonchev–Trinajstić information content (AvgIpc) is 2.16. The Morgan fingerprint density at radius 1 is 1.67 bits per heavy atom. The monoisotopic (exact) mass is 272 g/mol. The Balaban J connectivity index is 1.93. The van der Waals surface area contributed by atoms with E-state index in [2.05, 4.69) is 26.2 Å². The van der Waals surface area contributed by atoms with Gasteiger partial charge < -0.3 is 14.8 Å². The fraction of sp³-hybridized carbons (Fsp3) is 0.500. The molecule has 1 atom stereocenters. The number of pyridine rings is 1. The molecule has 0 spiro atoms. The summed E-state index contributed by atoms with van der Waals surface area (Å²) in [4.78, 5) is 4.10. The summed E-state index contributed by atoms with van der Waals surface area (Å²) in [5.41, 5.74) is 0. The van der Waals surface area contributed by atoms with Crippen LogP contribution in [0, 0.1) is 0 Å². The van der Waals surface area contributed by atoms with Gasteiger partial charge in [0, 0.05) is 12.1 Å². The van der Waals surface area contributed by atoms with E-state index in [0.29, 0.717) is 18.5 Å². The van der Waals surface area contributed by atoms with E-state index in [-0.39, 0.29) is 0 Å². The van der Waals surface area contributed by atoms with Crippen LogP contribution in [0.25, 0.3) is 0 Å². The Morgan fingerprint density at radius 2 is 2.47 bits per heavy atom. The van der Waals surface area contributed by atoms with Gasteiger partial charge >= 0.3 is 0 Å². The molecular formula is C10H13BrN2O2. The molecule has 4 nitrogen and oxygen atoms in total. The Kier molecular flexibility index (Phi) is 3.43. The average molecular weight is 273 g/mol. The van der Waals surface area contributed by atoms with Crippen LogP contribution in [0.5, 0.6) is 11.6 Å². The number of rotatable bonds is 4. The van der Waals surface area contributed by atoms with Gasteiger partial charge in [-0.15, -0.1) is 0 Å². The zero-order valence-electron chi connectivity index (χ0n) is 8.50. The molecule has 0 aromatic carbocycles. The van der Waals surface area contributed by atoms with Crippen molar-refractivity contribution in [3.8, 4) is 11.6 Å². The summed E-state index contributed by atoms with van der Waals surface area (Å²) in [5.74, 6) is 1.33. The van der Waals surface area contributed by atoms with Crippen LogP contribution in [0.2, 0.25) is 0 Å². The van der Waals surface area contributed by atoms with Gasteiger partial charge in [-0.3, -0.25) is 0 Å². The number of methoxy groups -OCH3 is 1. The normalized spacial score (nSPS) is 19.5. The smallest absolute Gasteiger partial charge is 0.227 e. The molecule has 15 heavy (non-hydrogen) atoms. The Bertz CT molecular complexity index is 342. The van der Waals surface area contributed by atoms with E-state index in [1.807, 2.05) is 6.07 Å². The van der Waals surface area contributed by atoms with Crippen molar-refractivity contribution in [1.82, 2.24) is 10.3 Å². The van der Waals surface area contributed by atoms with Gasteiger partial charge in [0.15, 0.2) is 0 Å². The van der Waals surface area contributed by atoms with Crippen molar-refractivity contribution in [3.05, 3.63) is 16.7 Å². The number of nitrogens with zero attached hydrogens (tertiary/aromatic N) is 1.